The maximum atomic E-state index is 5.31. The summed E-state index contributed by atoms with van der Waals surface area (Å²) in [5.41, 5.74) is 0. The smallest absolute Gasteiger partial charge is 0.0593 e. The first-order chi connectivity index (χ1) is 5.35. The Labute approximate surface area is 70.5 Å². The second kappa shape index (κ2) is 8.02. The number of nitrogens with zero attached hydrogens (tertiary/aromatic N) is 1. The highest BCUT2D eigenvalue weighted by Gasteiger charge is 1.96. The van der Waals surface area contributed by atoms with E-state index in [-0.39, 0.29) is 0 Å². The Morgan fingerprint density at radius 1 is 1.18 bits per heavy atom. The van der Waals surface area contributed by atoms with Crippen LogP contribution in [0.5, 0.6) is 0 Å². The highest BCUT2D eigenvalue weighted by molar-refractivity contribution is 4.50. The minimum atomic E-state index is 0.793. The first-order valence-corrected chi connectivity index (χ1v) is 4.44. The lowest BCUT2D eigenvalue weighted by Gasteiger charge is -2.17. The minimum absolute atomic E-state index is 0.793. The lowest BCUT2D eigenvalue weighted by atomic mass is 10.5. The van der Waals surface area contributed by atoms with Gasteiger partial charge in [0.05, 0.1) is 6.61 Å². The Balaban J connectivity index is 3.07. The lowest BCUT2D eigenvalue weighted by molar-refractivity contribution is 0.110. The van der Waals surface area contributed by atoms with Gasteiger partial charge in [-0.1, -0.05) is 20.8 Å². The summed E-state index contributed by atoms with van der Waals surface area (Å²) >= 11 is 0. The van der Waals surface area contributed by atoms with Crippen molar-refractivity contribution in [1.29, 1.82) is 0 Å². The fraction of sp³-hybridized carbons (Fsp3) is 0.889. The normalized spacial score (nSPS) is 10.9. The van der Waals surface area contributed by atoms with E-state index in [2.05, 4.69) is 25.7 Å². The highest BCUT2D eigenvalue weighted by atomic mass is 16.5. The summed E-state index contributed by atoms with van der Waals surface area (Å²) in [6, 6.07) is 0. The second-order valence-corrected chi connectivity index (χ2v) is 2.49. The second-order valence-electron chi connectivity index (χ2n) is 2.49. The molecule has 1 radical (unpaired) electrons. The number of hydrogen-bond donors (Lipinski definition) is 0. The summed E-state index contributed by atoms with van der Waals surface area (Å²) in [6.45, 7) is 13.0. The third kappa shape index (κ3) is 6.32. The van der Waals surface area contributed by atoms with Gasteiger partial charge in [0.1, 0.15) is 0 Å². The van der Waals surface area contributed by atoms with Crippen LogP contribution in [0.1, 0.15) is 20.3 Å². The number of rotatable bonds is 7. The fourth-order valence-electron chi connectivity index (χ4n) is 0.938. The van der Waals surface area contributed by atoms with Gasteiger partial charge < -0.3 is 9.64 Å². The van der Waals surface area contributed by atoms with Crippen LogP contribution < -0.4 is 0 Å². The highest BCUT2D eigenvalue weighted by Crippen LogP contribution is 1.87. The fourth-order valence-corrected chi connectivity index (χ4v) is 0.938. The molecule has 2 heteroatoms. The van der Waals surface area contributed by atoms with Crippen molar-refractivity contribution in [2.45, 2.75) is 20.3 Å². The molecule has 0 aliphatic carbocycles. The van der Waals surface area contributed by atoms with E-state index in [1.54, 1.807) is 0 Å². The average molecular weight is 158 g/mol. The topological polar surface area (TPSA) is 12.5 Å². The van der Waals surface area contributed by atoms with Gasteiger partial charge in [0, 0.05) is 13.2 Å². The van der Waals surface area contributed by atoms with Crippen LogP contribution in [0.3, 0.4) is 0 Å². The summed E-state index contributed by atoms with van der Waals surface area (Å²) in [5, 5.41) is 0. The van der Waals surface area contributed by atoms with Gasteiger partial charge in [0.15, 0.2) is 0 Å². The molecule has 0 aliphatic rings. The molecule has 0 aromatic carbocycles. The van der Waals surface area contributed by atoms with Crippen molar-refractivity contribution in [2.75, 3.05) is 32.8 Å². The van der Waals surface area contributed by atoms with Crippen molar-refractivity contribution in [3.05, 3.63) is 6.92 Å². The Bertz CT molecular complexity index is 72.0. The van der Waals surface area contributed by atoms with Crippen molar-refractivity contribution in [2.24, 2.45) is 0 Å². The van der Waals surface area contributed by atoms with Gasteiger partial charge in [-0.15, -0.1) is 0 Å². The molecule has 0 aliphatic heterocycles. The van der Waals surface area contributed by atoms with Crippen LogP contribution in [-0.4, -0.2) is 37.7 Å². The predicted molar refractivity (Wildman–Crippen MR) is 48.6 cm³/mol. The summed E-state index contributed by atoms with van der Waals surface area (Å²) < 4.78 is 5.31. The van der Waals surface area contributed by atoms with Crippen LogP contribution >= 0.6 is 0 Å². The number of likely N-dealkylation sites (N-methyl/N-ethyl adjacent to an activating group) is 1. The van der Waals surface area contributed by atoms with Crippen LogP contribution in [0.4, 0.5) is 0 Å². The molecule has 0 fully saturated rings. The van der Waals surface area contributed by atoms with Crippen molar-refractivity contribution < 1.29 is 4.74 Å². The molecule has 0 atom stereocenters. The van der Waals surface area contributed by atoms with E-state index < -0.39 is 0 Å². The molecule has 0 aromatic rings. The quantitative estimate of drug-likeness (QED) is 0.521. The zero-order chi connectivity index (χ0) is 8.53. The molecule has 0 amide bonds. The van der Waals surface area contributed by atoms with Crippen LogP contribution in [0.25, 0.3) is 0 Å². The van der Waals surface area contributed by atoms with Gasteiger partial charge in [0.2, 0.25) is 0 Å². The minimum Gasteiger partial charge on any atom is -0.380 e. The van der Waals surface area contributed by atoms with E-state index in [4.69, 9.17) is 4.74 Å². The van der Waals surface area contributed by atoms with Gasteiger partial charge in [-0.2, -0.15) is 0 Å². The van der Waals surface area contributed by atoms with Gasteiger partial charge in [-0.25, -0.2) is 0 Å². The number of ether oxygens (including phenoxy) is 1. The molecule has 0 aromatic heterocycles. The molecule has 11 heavy (non-hydrogen) atoms. The molecule has 67 valence electrons. The molecular formula is C9H20NO. The van der Waals surface area contributed by atoms with Crippen LogP contribution in [-0.2, 0) is 4.74 Å². The van der Waals surface area contributed by atoms with Crippen LogP contribution in [0.2, 0.25) is 0 Å². The summed E-state index contributed by atoms with van der Waals surface area (Å²) in [4.78, 5) is 2.35. The van der Waals surface area contributed by atoms with E-state index in [0.29, 0.717) is 0 Å². The van der Waals surface area contributed by atoms with Crippen molar-refractivity contribution in [3.8, 4) is 0 Å². The number of hydrogen-bond acceptors (Lipinski definition) is 2. The largest absolute Gasteiger partial charge is 0.380 e. The first-order valence-electron chi connectivity index (χ1n) is 4.44. The molecule has 0 N–H and O–H groups in total. The maximum Gasteiger partial charge on any atom is 0.0593 e. The van der Waals surface area contributed by atoms with E-state index >= 15 is 0 Å². The molecular weight excluding hydrogens is 138 g/mol. The van der Waals surface area contributed by atoms with E-state index in [0.717, 1.165) is 39.3 Å². The third-order valence-electron chi connectivity index (χ3n) is 1.73. The summed E-state index contributed by atoms with van der Waals surface area (Å²) in [6.07, 6.45) is 0.873. The van der Waals surface area contributed by atoms with E-state index in [1.807, 2.05) is 0 Å². The zero-order valence-corrected chi connectivity index (χ0v) is 7.81. The van der Waals surface area contributed by atoms with Crippen molar-refractivity contribution >= 4 is 0 Å². The standard InChI is InChI=1S/C9H20NO/c1-4-8-11-9-7-10(5-2)6-3/h1,4-9H2,2-3H3. The molecule has 0 unspecified atom stereocenters. The van der Waals surface area contributed by atoms with Crippen LogP contribution in [0.15, 0.2) is 0 Å². The van der Waals surface area contributed by atoms with Crippen molar-refractivity contribution in [3.63, 3.8) is 0 Å². The Morgan fingerprint density at radius 2 is 1.82 bits per heavy atom. The molecule has 0 rings (SSSR count). The Hall–Kier alpha value is -0.0800. The van der Waals surface area contributed by atoms with Gasteiger partial charge >= 0.3 is 0 Å². The van der Waals surface area contributed by atoms with E-state index in [1.165, 1.54) is 0 Å². The van der Waals surface area contributed by atoms with Crippen LogP contribution in [0, 0.1) is 6.92 Å². The summed E-state index contributed by atoms with van der Waals surface area (Å²) in [7, 11) is 0. The molecule has 0 saturated carbocycles. The van der Waals surface area contributed by atoms with Crippen molar-refractivity contribution in [1.82, 2.24) is 4.90 Å². The predicted octanol–water partition coefficient (Wildman–Crippen LogP) is 1.57. The molecule has 0 bridgehead atoms. The maximum absolute atomic E-state index is 5.31. The van der Waals surface area contributed by atoms with Gasteiger partial charge in [-0.05, 0) is 19.5 Å². The zero-order valence-electron chi connectivity index (χ0n) is 7.81. The van der Waals surface area contributed by atoms with Gasteiger partial charge in [0.25, 0.3) is 0 Å². The van der Waals surface area contributed by atoms with Gasteiger partial charge in [-0.3, -0.25) is 0 Å². The lowest BCUT2D eigenvalue weighted by Crippen LogP contribution is -2.27. The average Bonchev–Trinajstić information content (AvgIpc) is 2.05. The molecule has 0 spiro atoms. The Morgan fingerprint density at radius 3 is 2.27 bits per heavy atom. The SMILES string of the molecule is [CH2]CCOCCN(CC)CC. The molecule has 0 saturated heterocycles. The Kier molecular flexibility index (Phi) is 7.96. The molecule has 2 nitrogen and oxygen atoms in total. The monoisotopic (exact) mass is 158 g/mol. The third-order valence-corrected chi connectivity index (χ3v) is 1.73. The molecule has 0 heterocycles. The van der Waals surface area contributed by atoms with E-state index in [9.17, 15) is 0 Å². The first kappa shape index (κ1) is 10.9. The summed E-state index contributed by atoms with van der Waals surface area (Å²) in [5.74, 6) is 0.